The second kappa shape index (κ2) is 4.36. The summed E-state index contributed by atoms with van der Waals surface area (Å²) in [5.74, 6) is 2.02. The average molecular weight is 272 g/mol. The van der Waals surface area contributed by atoms with Crippen molar-refractivity contribution in [1.29, 1.82) is 0 Å². The maximum Gasteiger partial charge on any atom is 0.305 e. The van der Waals surface area contributed by atoms with Crippen LogP contribution in [0.1, 0.15) is 27.2 Å². The molecule has 4 heteroatoms. The molecule has 0 N–H and O–H groups in total. The molecule has 82 valence electrons. The zero-order valence-electron chi connectivity index (χ0n) is 9.13. The van der Waals surface area contributed by atoms with E-state index in [-0.39, 0.29) is 17.2 Å². The summed E-state index contributed by atoms with van der Waals surface area (Å²) in [6.45, 7) is 6.72. The number of carbonyl (C=O) groups is 2. The van der Waals surface area contributed by atoms with Crippen LogP contribution in [0.3, 0.4) is 0 Å². The summed E-state index contributed by atoms with van der Waals surface area (Å²) >= 11 is 2.85. The van der Waals surface area contributed by atoms with Crippen LogP contribution >= 0.6 is 15.9 Å². The molecule has 0 aromatic carbocycles. The molecule has 2 amide bonds. The van der Waals surface area contributed by atoms with E-state index in [0.29, 0.717) is 13.0 Å². The summed E-state index contributed by atoms with van der Waals surface area (Å²) in [6.07, 6.45) is 0.444. The van der Waals surface area contributed by atoms with Gasteiger partial charge in [-0.3, -0.25) is 14.5 Å². The number of hydrogen-bond donors (Lipinski definition) is 0. The molecule has 0 aromatic rings. The van der Waals surface area contributed by atoms with Crippen molar-refractivity contribution >= 4 is 27.7 Å². The third kappa shape index (κ3) is 2.82. The number of rotatable bonds is 0. The van der Waals surface area contributed by atoms with Gasteiger partial charge in [-0.15, -0.1) is 0 Å². The Morgan fingerprint density at radius 1 is 1.53 bits per heavy atom. The first-order valence-corrected chi connectivity index (χ1v) is 5.61. The molecule has 1 fully saturated rings. The smallest absolute Gasteiger partial charge is 0.274 e. The molecular weight excluding hydrogens is 258 g/mol. The maximum atomic E-state index is 11.6. The third-order valence-corrected chi connectivity index (χ3v) is 2.95. The van der Waals surface area contributed by atoms with Crippen LogP contribution in [-0.4, -0.2) is 23.3 Å². The molecule has 1 aliphatic heterocycles. The number of imide groups is 1. The second-order valence-electron chi connectivity index (χ2n) is 4.80. The van der Waals surface area contributed by atoms with Gasteiger partial charge in [-0.05, 0) is 16.2 Å². The van der Waals surface area contributed by atoms with E-state index in [2.05, 4.69) is 47.5 Å². The fourth-order valence-corrected chi connectivity index (χ4v) is 1.76. The topological polar surface area (TPSA) is 37.4 Å². The van der Waals surface area contributed by atoms with Gasteiger partial charge in [-0.25, -0.2) is 0 Å². The number of hydrogen-bond acceptors (Lipinski definition) is 2. The van der Waals surface area contributed by atoms with E-state index in [1.807, 2.05) is 0 Å². The second-order valence-corrected chi connectivity index (χ2v) is 5.19. The highest BCUT2D eigenvalue weighted by molar-refractivity contribution is 9.12. The van der Waals surface area contributed by atoms with Gasteiger partial charge in [0.05, 0.1) is 0 Å². The minimum absolute atomic E-state index is 0.0481. The highest BCUT2D eigenvalue weighted by Gasteiger charge is 2.39. The minimum Gasteiger partial charge on any atom is -0.274 e. The van der Waals surface area contributed by atoms with Gasteiger partial charge in [-0.1, -0.05) is 20.8 Å². The Morgan fingerprint density at radius 3 is 2.53 bits per heavy atom. The standard InChI is InChI=1S/C11H14BrNO2/c1-11(2,3)8-6-10(15)13(7-8)9(14)4-5-12/h8H,6-7H2,1-3H3. The number of halogens is 1. The molecular formula is C11H14BrNO2. The largest absolute Gasteiger partial charge is 0.305 e. The Morgan fingerprint density at radius 2 is 2.13 bits per heavy atom. The molecule has 1 heterocycles. The van der Waals surface area contributed by atoms with Crippen molar-refractivity contribution < 1.29 is 9.59 Å². The van der Waals surface area contributed by atoms with E-state index < -0.39 is 5.91 Å². The van der Waals surface area contributed by atoms with Gasteiger partial charge in [0, 0.05) is 34.8 Å². The summed E-state index contributed by atoms with van der Waals surface area (Å²) in [5, 5.41) is 0. The quantitative estimate of drug-likeness (QED) is 0.630. The van der Waals surface area contributed by atoms with Crippen LogP contribution in [0.4, 0.5) is 0 Å². The van der Waals surface area contributed by atoms with Gasteiger partial charge in [0.25, 0.3) is 0 Å². The summed E-state index contributed by atoms with van der Waals surface area (Å²) in [7, 11) is 0. The van der Waals surface area contributed by atoms with Crippen molar-refractivity contribution in [3.8, 4) is 10.8 Å². The molecule has 1 atom stereocenters. The number of likely N-dealkylation sites (tertiary alicyclic amines) is 1. The molecule has 1 unspecified atom stereocenters. The normalized spacial score (nSPS) is 21.2. The van der Waals surface area contributed by atoms with Gasteiger partial charge in [0.15, 0.2) is 0 Å². The lowest BCUT2D eigenvalue weighted by Gasteiger charge is -2.25. The van der Waals surface area contributed by atoms with Crippen molar-refractivity contribution in [1.82, 2.24) is 4.90 Å². The van der Waals surface area contributed by atoms with Crippen LogP contribution in [0.25, 0.3) is 0 Å². The van der Waals surface area contributed by atoms with E-state index in [1.165, 1.54) is 4.90 Å². The zero-order valence-corrected chi connectivity index (χ0v) is 10.7. The molecule has 0 saturated carbocycles. The highest BCUT2D eigenvalue weighted by Crippen LogP contribution is 2.34. The Balaban J connectivity index is 2.76. The summed E-state index contributed by atoms with van der Waals surface area (Å²) in [6, 6.07) is 0. The van der Waals surface area contributed by atoms with Crippen molar-refractivity contribution in [3.05, 3.63) is 0 Å². The summed E-state index contributed by atoms with van der Waals surface area (Å²) < 4.78 is 0. The number of nitrogens with zero attached hydrogens (tertiary/aromatic N) is 1. The summed E-state index contributed by atoms with van der Waals surface area (Å²) in [4.78, 5) is 26.6. The van der Waals surface area contributed by atoms with Crippen LogP contribution in [0, 0.1) is 22.1 Å². The molecule has 1 saturated heterocycles. The van der Waals surface area contributed by atoms with E-state index in [1.54, 1.807) is 0 Å². The Kier molecular flexibility index (Phi) is 3.56. The van der Waals surface area contributed by atoms with Gasteiger partial charge in [0.1, 0.15) is 0 Å². The molecule has 15 heavy (non-hydrogen) atoms. The van der Waals surface area contributed by atoms with Crippen LogP contribution in [0.2, 0.25) is 0 Å². The molecule has 0 aromatic heterocycles. The van der Waals surface area contributed by atoms with Gasteiger partial charge in [-0.2, -0.15) is 0 Å². The van der Waals surface area contributed by atoms with Crippen molar-refractivity contribution in [2.45, 2.75) is 27.2 Å². The molecule has 3 nitrogen and oxygen atoms in total. The Hall–Kier alpha value is -0.820. The lowest BCUT2D eigenvalue weighted by atomic mass is 9.80. The Labute approximate surface area is 98.3 Å². The molecule has 0 spiro atoms. The average Bonchev–Trinajstić information content (AvgIpc) is 2.47. The van der Waals surface area contributed by atoms with E-state index in [9.17, 15) is 9.59 Å². The lowest BCUT2D eigenvalue weighted by molar-refractivity contribution is -0.138. The van der Waals surface area contributed by atoms with Gasteiger partial charge in [0.2, 0.25) is 5.91 Å². The SMILES string of the molecule is CC(C)(C)C1CC(=O)N(C(=O)C#CBr)C1. The third-order valence-electron chi connectivity index (χ3n) is 2.75. The highest BCUT2D eigenvalue weighted by atomic mass is 79.9. The van der Waals surface area contributed by atoms with Crippen molar-refractivity contribution in [2.75, 3.05) is 6.54 Å². The van der Waals surface area contributed by atoms with E-state index in [0.717, 1.165) is 0 Å². The first-order chi connectivity index (χ1) is 6.86. The molecule has 0 bridgehead atoms. The Bertz CT molecular complexity index is 346. The molecule has 0 radical (unpaired) electrons. The summed E-state index contributed by atoms with van der Waals surface area (Å²) in [5.41, 5.74) is 0.0481. The molecule has 1 aliphatic rings. The number of amides is 2. The lowest BCUT2D eigenvalue weighted by Crippen LogP contribution is -2.32. The van der Waals surface area contributed by atoms with Crippen molar-refractivity contribution in [3.63, 3.8) is 0 Å². The van der Waals surface area contributed by atoms with Gasteiger partial charge >= 0.3 is 5.91 Å². The van der Waals surface area contributed by atoms with Gasteiger partial charge < -0.3 is 0 Å². The zero-order chi connectivity index (χ0) is 11.6. The first-order valence-electron chi connectivity index (χ1n) is 4.82. The number of carbonyl (C=O) groups excluding carboxylic acids is 2. The molecule has 0 aliphatic carbocycles. The van der Waals surface area contributed by atoms with E-state index >= 15 is 0 Å². The van der Waals surface area contributed by atoms with Crippen LogP contribution in [0.15, 0.2) is 0 Å². The fraction of sp³-hybridized carbons (Fsp3) is 0.636. The van der Waals surface area contributed by atoms with Crippen LogP contribution in [-0.2, 0) is 9.59 Å². The van der Waals surface area contributed by atoms with Crippen molar-refractivity contribution in [2.24, 2.45) is 11.3 Å². The predicted octanol–water partition coefficient (Wildman–Crippen LogP) is 1.76. The van der Waals surface area contributed by atoms with E-state index in [4.69, 9.17) is 0 Å². The first kappa shape index (κ1) is 12.3. The minimum atomic E-state index is -0.413. The van der Waals surface area contributed by atoms with Crippen LogP contribution in [0.5, 0.6) is 0 Å². The molecule has 1 rings (SSSR count). The maximum absolute atomic E-state index is 11.6. The predicted molar refractivity (Wildman–Crippen MR) is 61.0 cm³/mol. The monoisotopic (exact) mass is 271 g/mol. The fourth-order valence-electron chi connectivity index (χ4n) is 1.59. The van der Waals surface area contributed by atoms with Crippen LogP contribution < -0.4 is 0 Å².